The van der Waals surface area contributed by atoms with Crippen molar-refractivity contribution >= 4 is 29.2 Å². The Balaban J connectivity index is 1.38. The van der Waals surface area contributed by atoms with E-state index >= 15 is 0 Å². The number of ether oxygens (including phenoxy) is 3. The van der Waals surface area contributed by atoms with Gasteiger partial charge >= 0.3 is 6.09 Å². The number of amidine groups is 1. The number of methoxy groups -OCH3 is 1. The van der Waals surface area contributed by atoms with E-state index in [1.807, 2.05) is 30.3 Å². The fourth-order valence-corrected chi connectivity index (χ4v) is 4.07. The van der Waals surface area contributed by atoms with Crippen LogP contribution < -0.4 is 26.7 Å². The van der Waals surface area contributed by atoms with Crippen molar-refractivity contribution in [1.29, 1.82) is 0 Å². The molecule has 4 aromatic rings. The predicted molar refractivity (Wildman–Crippen MR) is 163 cm³/mol. The number of aromatic nitrogens is 1. The molecule has 1 unspecified atom stereocenters. The van der Waals surface area contributed by atoms with E-state index in [0.717, 1.165) is 11.1 Å². The predicted octanol–water partition coefficient (Wildman–Crippen LogP) is 4.49. The molecule has 0 aliphatic carbocycles. The van der Waals surface area contributed by atoms with Crippen LogP contribution in [-0.2, 0) is 27.4 Å². The van der Waals surface area contributed by atoms with Crippen LogP contribution in [0.25, 0.3) is 0 Å². The SMILES string of the molecule is CCOC(C(=O)NCc1ccc(/C(N)=N\C(=O)OCc2ccccc2)cc1)n1cccc(Nc2cccc(OC)c2)c1=O. The molecule has 2 amide bonds. The number of aliphatic imine (C=N–C) groups is 1. The Hall–Kier alpha value is -5.42. The molecule has 1 heterocycles. The molecule has 11 nitrogen and oxygen atoms in total. The molecule has 4 N–H and O–H groups in total. The molecule has 0 bridgehead atoms. The highest BCUT2D eigenvalue weighted by atomic mass is 16.5. The summed E-state index contributed by atoms with van der Waals surface area (Å²) in [6.07, 6.45) is -0.480. The Morgan fingerprint density at radius 3 is 2.44 bits per heavy atom. The zero-order valence-electron chi connectivity index (χ0n) is 23.9. The number of hydrogen-bond acceptors (Lipinski definition) is 7. The zero-order chi connectivity index (χ0) is 30.6. The van der Waals surface area contributed by atoms with Crippen molar-refractivity contribution in [2.75, 3.05) is 19.0 Å². The van der Waals surface area contributed by atoms with E-state index in [-0.39, 0.29) is 31.3 Å². The lowest BCUT2D eigenvalue weighted by Crippen LogP contribution is -2.38. The summed E-state index contributed by atoms with van der Waals surface area (Å²) in [4.78, 5) is 42.3. The summed E-state index contributed by atoms with van der Waals surface area (Å²) in [7, 11) is 1.56. The van der Waals surface area contributed by atoms with Crippen LogP contribution in [0.3, 0.4) is 0 Å². The normalized spacial score (nSPS) is 11.8. The van der Waals surface area contributed by atoms with Gasteiger partial charge in [0.15, 0.2) is 0 Å². The molecular weight excluding hydrogens is 550 g/mol. The summed E-state index contributed by atoms with van der Waals surface area (Å²) < 4.78 is 17.3. The third-order valence-electron chi connectivity index (χ3n) is 6.26. The van der Waals surface area contributed by atoms with Gasteiger partial charge < -0.3 is 30.6 Å². The summed E-state index contributed by atoms with van der Waals surface area (Å²) >= 11 is 0. The third-order valence-corrected chi connectivity index (χ3v) is 6.26. The van der Waals surface area contributed by atoms with Gasteiger partial charge in [-0.25, -0.2) is 4.79 Å². The maximum atomic E-state index is 13.3. The number of nitrogens with one attached hydrogen (secondary N) is 2. The Morgan fingerprint density at radius 1 is 0.953 bits per heavy atom. The van der Waals surface area contributed by atoms with Gasteiger partial charge in [0.1, 0.15) is 23.9 Å². The highest BCUT2D eigenvalue weighted by Gasteiger charge is 2.22. The van der Waals surface area contributed by atoms with Crippen LogP contribution in [0.1, 0.15) is 29.8 Å². The van der Waals surface area contributed by atoms with E-state index in [2.05, 4.69) is 15.6 Å². The molecule has 3 aromatic carbocycles. The summed E-state index contributed by atoms with van der Waals surface area (Å²) in [5, 5.41) is 5.88. The molecule has 43 heavy (non-hydrogen) atoms. The van der Waals surface area contributed by atoms with E-state index in [4.69, 9.17) is 19.9 Å². The average Bonchev–Trinajstić information content (AvgIpc) is 3.03. The smallest absolute Gasteiger partial charge is 0.435 e. The largest absolute Gasteiger partial charge is 0.497 e. The number of benzene rings is 3. The van der Waals surface area contributed by atoms with Crippen molar-refractivity contribution in [2.45, 2.75) is 26.3 Å². The molecule has 0 aliphatic rings. The van der Waals surface area contributed by atoms with Gasteiger partial charge in [0, 0.05) is 36.7 Å². The number of carbonyl (C=O) groups excluding carboxylic acids is 2. The van der Waals surface area contributed by atoms with Crippen LogP contribution in [0.4, 0.5) is 16.2 Å². The fourth-order valence-electron chi connectivity index (χ4n) is 4.07. The van der Waals surface area contributed by atoms with Crippen LogP contribution in [0.5, 0.6) is 5.75 Å². The third kappa shape index (κ3) is 8.54. The van der Waals surface area contributed by atoms with E-state index in [0.29, 0.717) is 17.0 Å². The number of nitrogens with zero attached hydrogens (tertiary/aromatic N) is 2. The Labute approximate surface area is 248 Å². The molecule has 0 spiro atoms. The lowest BCUT2D eigenvalue weighted by Gasteiger charge is -2.20. The maximum Gasteiger partial charge on any atom is 0.435 e. The first kappa shape index (κ1) is 30.5. The minimum absolute atomic E-state index is 0.00636. The van der Waals surface area contributed by atoms with Crippen molar-refractivity contribution < 1.29 is 23.8 Å². The first-order chi connectivity index (χ1) is 20.9. The second-order valence-corrected chi connectivity index (χ2v) is 9.25. The van der Waals surface area contributed by atoms with Crippen LogP contribution in [0, 0.1) is 0 Å². The number of rotatable bonds is 12. The molecule has 0 radical (unpaired) electrons. The van der Waals surface area contributed by atoms with Crippen molar-refractivity contribution in [2.24, 2.45) is 10.7 Å². The number of amides is 2. The highest BCUT2D eigenvalue weighted by Crippen LogP contribution is 2.20. The van der Waals surface area contributed by atoms with Gasteiger partial charge in [0.2, 0.25) is 6.23 Å². The minimum atomic E-state index is -1.19. The van der Waals surface area contributed by atoms with E-state index in [9.17, 15) is 14.4 Å². The monoisotopic (exact) mass is 583 g/mol. The fraction of sp³-hybridized carbons (Fsp3) is 0.188. The van der Waals surface area contributed by atoms with Gasteiger partial charge in [-0.05, 0) is 42.3 Å². The molecule has 11 heteroatoms. The summed E-state index contributed by atoms with van der Waals surface area (Å²) in [5.41, 5.74) is 8.59. The van der Waals surface area contributed by atoms with Crippen LogP contribution in [-0.4, -0.2) is 36.1 Å². The second kappa shape index (κ2) is 15.0. The molecule has 0 aliphatic heterocycles. The quantitative estimate of drug-likeness (QED) is 0.163. The number of pyridine rings is 1. The molecule has 0 fully saturated rings. The highest BCUT2D eigenvalue weighted by molar-refractivity contribution is 6.02. The molecule has 222 valence electrons. The van der Waals surface area contributed by atoms with Gasteiger partial charge in [-0.2, -0.15) is 4.99 Å². The van der Waals surface area contributed by atoms with Crippen molar-refractivity contribution in [3.63, 3.8) is 0 Å². The average molecular weight is 584 g/mol. The first-order valence-electron chi connectivity index (χ1n) is 13.5. The summed E-state index contributed by atoms with van der Waals surface area (Å²) in [6.45, 7) is 2.20. The second-order valence-electron chi connectivity index (χ2n) is 9.25. The van der Waals surface area contributed by atoms with E-state index in [1.54, 1.807) is 74.7 Å². The van der Waals surface area contributed by atoms with Gasteiger partial charge in [-0.3, -0.25) is 14.2 Å². The first-order valence-corrected chi connectivity index (χ1v) is 13.5. The number of hydrogen-bond donors (Lipinski definition) is 3. The van der Waals surface area contributed by atoms with Crippen molar-refractivity contribution in [3.05, 3.63) is 124 Å². The van der Waals surface area contributed by atoms with Crippen molar-refractivity contribution in [1.82, 2.24) is 9.88 Å². The molecule has 1 aromatic heterocycles. The summed E-state index contributed by atoms with van der Waals surface area (Å²) in [5.74, 6) is 0.151. The lowest BCUT2D eigenvalue weighted by atomic mass is 10.1. The van der Waals surface area contributed by atoms with E-state index < -0.39 is 23.8 Å². The summed E-state index contributed by atoms with van der Waals surface area (Å²) in [6, 6.07) is 26.5. The molecular formula is C32H33N5O6. The number of carbonyl (C=O) groups is 2. The molecule has 0 saturated heterocycles. The van der Waals surface area contributed by atoms with Gasteiger partial charge in [-0.1, -0.05) is 60.7 Å². The Bertz CT molecular complexity index is 1620. The standard InChI is InChI=1S/C32H33N5O6/c1-3-42-31(37-18-8-13-27(30(37)39)35-25-11-7-12-26(19-25)41-2)29(38)34-20-22-14-16-24(17-15-22)28(33)36-32(40)43-21-23-9-5-4-6-10-23/h4-19,31,35H,3,20-21H2,1-2H3,(H,34,38)(H2,33,36,40). The lowest BCUT2D eigenvalue weighted by molar-refractivity contribution is -0.139. The van der Waals surface area contributed by atoms with Crippen LogP contribution in [0.15, 0.2) is 107 Å². The van der Waals surface area contributed by atoms with Gasteiger partial charge in [-0.15, -0.1) is 0 Å². The number of nitrogens with two attached hydrogens (primary N) is 1. The maximum absolute atomic E-state index is 13.3. The zero-order valence-corrected chi connectivity index (χ0v) is 23.9. The van der Waals surface area contributed by atoms with Crippen LogP contribution in [0.2, 0.25) is 0 Å². The molecule has 1 atom stereocenters. The van der Waals surface area contributed by atoms with Gasteiger partial charge in [0.25, 0.3) is 11.5 Å². The Kier molecular flexibility index (Phi) is 10.6. The van der Waals surface area contributed by atoms with Gasteiger partial charge in [0.05, 0.1) is 7.11 Å². The molecule has 4 rings (SSSR count). The Morgan fingerprint density at radius 2 is 1.72 bits per heavy atom. The minimum Gasteiger partial charge on any atom is -0.497 e. The van der Waals surface area contributed by atoms with E-state index in [1.165, 1.54) is 10.8 Å². The topological polar surface area (TPSA) is 146 Å². The van der Waals surface area contributed by atoms with Crippen LogP contribution >= 0.6 is 0 Å². The molecule has 0 saturated carbocycles. The number of anilines is 2. The van der Waals surface area contributed by atoms with Crippen molar-refractivity contribution in [3.8, 4) is 5.75 Å².